The van der Waals surface area contributed by atoms with Gasteiger partial charge in [-0.1, -0.05) is 18.2 Å². The highest BCUT2D eigenvalue weighted by atomic mass is 16.1. The summed E-state index contributed by atoms with van der Waals surface area (Å²) in [4.78, 5) is 13.7. The van der Waals surface area contributed by atoms with Crippen molar-refractivity contribution in [1.29, 1.82) is 0 Å². The molecule has 0 radical (unpaired) electrons. The lowest BCUT2D eigenvalue weighted by molar-refractivity contribution is -0.117. The second-order valence-corrected chi connectivity index (χ2v) is 6.40. The second kappa shape index (κ2) is 7.03. The van der Waals surface area contributed by atoms with Crippen molar-refractivity contribution in [2.45, 2.75) is 53.0 Å². The number of carbonyl (C=O) groups is 1. The molecule has 2 heteroatoms. The van der Waals surface area contributed by atoms with E-state index in [1.54, 1.807) is 6.92 Å². The Kier molecular flexibility index (Phi) is 5.36. The van der Waals surface area contributed by atoms with Crippen molar-refractivity contribution in [2.75, 3.05) is 13.1 Å². The van der Waals surface area contributed by atoms with E-state index in [0.29, 0.717) is 11.7 Å². The number of nitrogens with zero attached hydrogens (tertiary/aromatic N) is 1. The zero-order chi connectivity index (χ0) is 14.5. The summed E-state index contributed by atoms with van der Waals surface area (Å²) in [6.45, 7) is 9.46. The van der Waals surface area contributed by atoms with Crippen LogP contribution >= 0.6 is 0 Å². The first-order valence-corrected chi connectivity index (χ1v) is 7.82. The number of carbonyl (C=O) groups excluding carboxylic acids is 1. The molecular weight excluding hydrogens is 246 g/mol. The number of ketones is 1. The fourth-order valence-corrected chi connectivity index (χ4v) is 3.10. The van der Waals surface area contributed by atoms with Gasteiger partial charge in [-0.25, -0.2) is 0 Å². The number of hydrogen-bond donors (Lipinski definition) is 0. The number of piperidine rings is 1. The number of hydrogen-bond acceptors (Lipinski definition) is 2. The van der Waals surface area contributed by atoms with Crippen LogP contribution in [0.4, 0.5) is 0 Å². The van der Waals surface area contributed by atoms with Crippen molar-refractivity contribution >= 4 is 5.78 Å². The molecule has 0 aliphatic carbocycles. The minimum Gasteiger partial charge on any atom is -0.300 e. The molecule has 1 fully saturated rings. The average molecular weight is 273 g/mol. The van der Waals surface area contributed by atoms with Crippen LogP contribution in [0.15, 0.2) is 18.2 Å². The van der Waals surface area contributed by atoms with E-state index in [9.17, 15) is 4.79 Å². The van der Waals surface area contributed by atoms with Crippen LogP contribution in [0.25, 0.3) is 0 Å². The Bertz CT molecular complexity index is 466. The summed E-state index contributed by atoms with van der Waals surface area (Å²) >= 11 is 0. The largest absolute Gasteiger partial charge is 0.300 e. The molecule has 0 spiro atoms. The highest BCUT2D eigenvalue weighted by Gasteiger charge is 2.20. The van der Waals surface area contributed by atoms with Crippen molar-refractivity contribution < 1.29 is 4.79 Å². The van der Waals surface area contributed by atoms with Gasteiger partial charge in [-0.2, -0.15) is 0 Å². The summed E-state index contributed by atoms with van der Waals surface area (Å²) < 4.78 is 0. The average Bonchev–Trinajstić information content (AvgIpc) is 2.41. The van der Waals surface area contributed by atoms with Crippen molar-refractivity contribution in [2.24, 2.45) is 5.92 Å². The Labute approximate surface area is 123 Å². The van der Waals surface area contributed by atoms with E-state index in [-0.39, 0.29) is 0 Å². The van der Waals surface area contributed by atoms with Gasteiger partial charge in [0.2, 0.25) is 0 Å². The molecule has 1 saturated heterocycles. The highest BCUT2D eigenvalue weighted by molar-refractivity contribution is 5.75. The van der Waals surface area contributed by atoms with E-state index < -0.39 is 0 Å². The van der Waals surface area contributed by atoms with E-state index in [4.69, 9.17) is 0 Å². The van der Waals surface area contributed by atoms with Gasteiger partial charge in [0.25, 0.3) is 0 Å². The smallest absolute Gasteiger partial charge is 0.129 e. The maximum Gasteiger partial charge on any atom is 0.129 e. The number of Topliss-reactive ketones (excluding diaryl/α,β-unsaturated/α-hetero) is 1. The molecule has 1 aromatic carbocycles. The Balaban J connectivity index is 1.88. The zero-order valence-electron chi connectivity index (χ0n) is 13.1. The van der Waals surface area contributed by atoms with E-state index in [1.165, 1.54) is 36.1 Å². The SMILES string of the molecule is CC(=O)CCC1CCCN(Cc2ccc(C)c(C)c2)C1. The molecule has 0 bridgehead atoms. The number of rotatable bonds is 5. The minimum atomic E-state index is 0.330. The Morgan fingerprint density at radius 1 is 1.30 bits per heavy atom. The summed E-state index contributed by atoms with van der Waals surface area (Å²) in [6.07, 6.45) is 4.38. The summed E-state index contributed by atoms with van der Waals surface area (Å²) in [5.74, 6) is 1.04. The van der Waals surface area contributed by atoms with Crippen LogP contribution in [0.2, 0.25) is 0 Å². The van der Waals surface area contributed by atoms with Gasteiger partial charge in [-0.05, 0) is 69.2 Å². The first-order valence-electron chi connectivity index (χ1n) is 7.82. The van der Waals surface area contributed by atoms with Gasteiger partial charge in [-0.3, -0.25) is 4.90 Å². The molecule has 0 aromatic heterocycles. The van der Waals surface area contributed by atoms with Crippen LogP contribution in [0.5, 0.6) is 0 Å². The van der Waals surface area contributed by atoms with Gasteiger partial charge >= 0.3 is 0 Å². The van der Waals surface area contributed by atoms with E-state index >= 15 is 0 Å². The number of likely N-dealkylation sites (tertiary alicyclic amines) is 1. The van der Waals surface area contributed by atoms with Gasteiger partial charge < -0.3 is 4.79 Å². The molecule has 110 valence electrons. The van der Waals surface area contributed by atoms with Crippen molar-refractivity contribution in [3.8, 4) is 0 Å². The predicted molar refractivity (Wildman–Crippen MR) is 83.8 cm³/mol. The summed E-state index contributed by atoms with van der Waals surface area (Å²) in [7, 11) is 0. The Hall–Kier alpha value is -1.15. The molecule has 1 atom stereocenters. The van der Waals surface area contributed by atoms with Crippen molar-refractivity contribution in [1.82, 2.24) is 4.90 Å². The van der Waals surface area contributed by atoms with E-state index in [1.807, 2.05) is 0 Å². The third kappa shape index (κ3) is 4.45. The lowest BCUT2D eigenvalue weighted by Crippen LogP contribution is -2.35. The summed E-state index contributed by atoms with van der Waals surface area (Å²) in [5, 5.41) is 0. The Morgan fingerprint density at radius 2 is 2.10 bits per heavy atom. The fourth-order valence-electron chi connectivity index (χ4n) is 3.10. The maximum atomic E-state index is 11.1. The molecule has 2 nitrogen and oxygen atoms in total. The lowest BCUT2D eigenvalue weighted by Gasteiger charge is -2.32. The number of aryl methyl sites for hydroxylation is 2. The van der Waals surface area contributed by atoms with Crippen molar-refractivity contribution in [3.05, 3.63) is 34.9 Å². The van der Waals surface area contributed by atoms with Gasteiger partial charge in [0.15, 0.2) is 0 Å². The van der Waals surface area contributed by atoms with Crippen LogP contribution in [0.3, 0.4) is 0 Å². The normalized spacial score (nSPS) is 20.1. The summed E-state index contributed by atoms with van der Waals surface area (Å²) in [5.41, 5.74) is 4.17. The van der Waals surface area contributed by atoms with Crippen LogP contribution in [-0.4, -0.2) is 23.8 Å². The van der Waals surface area contributed by atoms with E-state index in [2.05, 4.69) is 36.9 Å². The Morgan fingerprint density at radius 3 is 2.80 bits per heavy atom. The van der Waals surface area contributed by atoms with Gasteiger partial charge in [0, 0.05) is 19.5 Å². The molecule has 1 aliphatic heterocycles. The fraction of sp³-hybridized carbons (Fsp3) is 0.611. The molecule has 0 amide bonds. The topological polar surface area (TPSA) is 20.3 Å². The van der Waals surface area contributed by atoms with Crippen LogP contribution in [0.1, 0.15) is 49.3 Å². The second-order valence-electron chi connectivity index (χ2n) is 6.40. The highest BCUT2D eigenvalue weighted by Crippen LogP contribution is 2.23. The molecule has 0 N–H and O–H groups in total. The van der Waals surface area contributed by atoms with Gasteiger partial charge in [-0.15, -0.1) is 0 Å². The van der Waals surface area contributed by atoms with Gasteiger partial charge in [0.1, 0.15) is 5.78 Å². The third-order valence-electron chi connectivity index (χ3n) is 4.49. The van der Waals surface area contributed by atoms with E-state index in [0.717, 1.165) is 25.9 Å². The molecule has 2 rings (SSSR count). The molecule has 0 saturated carbocycles. The monoisotopic (exact) mass is 273 g/mol. The first kappa shape index (κ1) is 15.2. The first-order chi connectivity index (χ1) is 9.54. The molecule has 20 heavy (non-hydrogen) atoms. The van der Waals surface area contributed by atoms with Gasteiger partial charge in [0.05, 0.1) is 0 Å². The quantitative estimate of drug-likeness (QED) is 0.811. The maximum absolute atomic E-state index is 11.1. The van der Waals surface area contributed by atoms with Crippen LogP contribution < -0.4 is 0 Å². The molecule has 1 aliphatic rings. The lowest BCUT2D eigenvalue weighted by atomic mass is 9.92. The summed E-state index contributed by atoms with van der Waals surface area (Å²) in [6, 6.07) is 6.79. The van der Waals surface area contributed by atoms with Crippen LogP contribution in [-0.2, 0) is 11.3 Å². The minimum absolute atomic E-state index is 0.330. The molecule has 1 heterocycles. The zero-order valence-corrected chi connectivity index (χ0v) is 13.1. The molecule has 1 unspecified atom stereocenters. The van der Waals surface area contributed by atoms with Crippen LogP contribution in [0, 0.1) is 19.8 Å². The van der Waals surface area contributed by atoms with Crippen molar-refractivity contribution in [3.63, 3.8) is 0 Å². The number of benzene rings is 1. The standard InChI is InChI=1S/C18H27NO/c1-14-6-8-18(11-15(14)2)13-19-10-4-5-17(12-19)9-7-16(3)20/h6,8,11,17H,4-5,7,9-10,12-13H2,1-3H3. The predicted octanol–water partition coefficient (Wildman–Crippen LogP) is 3.88. The molecular formula is C18H27NO. The third-order valence-corrected chi connectivity index (χ3v) is 4.49. The molecule has 1 aromatic rings.